The molecule has 6 rings (SSSR count). The first-order valence-corrected chi connectivity index (χ1v) is 22.2. The summed E-state index contributed by atoms with van der Waals surface area (Å²) in [6.07, 6.45) is 3.99. The van der Waals surface area contributed by atoms with E-state index >= 15 is 0 Å². The number of hydrogen-bond donors (Lipinski definition) is 8. The van der Waals surface area contributed by atoms with Crippen LogP contribution in [0, 0.1) is 0 Å². The van der Waals surface area contributed by atoms with Crippen LogP contribution in [-0.2, 0) is 32.1 Å². The summed E-state index contributed by atoms with van der Waals surface area (Å²) in [7, 11) is 0. The van der Waals surface area contributed by atoms with Crippen molar-refractivity contribution in [1.82, 2.24) is 30.3 Å². The molecule has 1 aromatic heterocycles. The van der Waals surface area contributed by atoms with Crippen LogP contribution in [0.2, 0.25) is 0 Å². The van der Waals surface area contributed by atoms with Gasteiger partial charge in [0.05, 0.1) is 15.4 Å². The molecule has 340 valence electrons. The molecular weight excluding hydrogens is 950 g/mol. The number of urea groups is 2. The van der Waals surface area contributed by atoms with E-state index in [2.05, 4.69) is 57.7 Å². The Bertz CT molecular complexity index is 2060. The number of aliphatic hydroxyl groups excluding tert-OH is 1. The maximum atomic E-state index is 14.2. The normalized spacial score (nSPS) is 16.7. The molecule has 0 radical (unpaired) electrons. The van der Waals surface area contributed by atoms with E-state index in [-0.39, 0.29) is 30.2 Å². The van der Waals surface area contributed by atoms with Gasteiger partial charge in [0.25, 0.3) is 0 Å². The number of benzene rings is 2. The Labute approximate surface area is 381 Å². The van der Waals surface area contributed by atoms with E-state index in [4.69, 9.17) is 21.1 Å². The Balaban J connectivity index is 0.000000749. The Hall–Kier alpha value is -5.51. The lowest BCUT2D eigenvalue weighted by molar-refractivity contribution is -0.152. The number of pyridine rings is 1. The van der Waals surface area contributed by atoms with E-state index in [9.17, 15) is 33.9 Å². The fourth-order valence-electron chi connectivity index (χ4n) is 7.55. The van der Waals surface area contributed by atoms with E-state index in [1.807, 2.05) is 41.3 Å². The van der Waals surface area contributed by atoms with Gasteiger partial charge in [0.1, 0.15) is 17.8 Å². The highest BCUT2D eigenvalue weighted by Gasteiger charge is 2.35. The molecule has 3 atom stereocenters. The van der Waals surface area contributed by atoms with Crippen molar-refractivity contribution in [3.8, 4) is 5.75 Å². The minimum atomic E-state index is -1.79. The van der Waals surface area contributed by atoms with Crippen LogP contribution in [-0.4, -0.2) is 146 Å². The van der Waals surface area contributed by atoms with Crippen LogP contribution in [0.25, 0.3) is 0 Å². The highest BCUT2D eigenvalue weighted by Crippen LogP contribution is 2.34. The quantitative estimate of drug-likeness (QED) is 0.102. The zero-order valence-corrected chi connectivity index (χ0v) is 37.7. The lowest BCUT2D eigenvalue weighted by Crippen LogP contribution is -2.59. The number of aliphatic carboxylic acids is 2. The fraction of sp³-hybridized carbons (Fsp3) is 0.452. The number of nitrogens with one attached hydrogen (secondary N) is 3. The molecule has 3 aliphatic heterocycles. The van der Waals surface area contributed by atoms with Crippen molar-refractivity contribution in [3.63, 3.8) is 0 Å². The Morgan fingerprint density at radius 2 is 1.52 bits per heavy atom. The summed E-state index contributed by atoms with van der Waals surface area (Å²) in [5.74, 6) is -3.47. The van der Waals surface area contributed by atoms with Gasteiger partial charge in [-0.25, -0.2) is 14.4 Å². The van der Waals surface area contributed by atoms with E-state index in [1.165, 1.54) is 0 Å². The second-order valence-corrected chi connectivity index (χ2v) is 17.1. The first-order chi connectivity index (χ1) is 30.1. The fourth-order valence-corrected chi connectivity index (χ4v) is 8.84. The van der Waals surface area contributed by atoms with Crippen LogP contribution in [0.4, 0.5) is 21.0 Å². The summed E-state index contributed by atoms with van der Waals surface area (Å²) in [6, 6.07) is 12.6. The molecule has 0 saturated carbocycles. The largest absolute Gasteiger partial charge is 0.506 e. The lowest BCUT2D eigenvalue weighted by atomic mass is 10.0. The minimum absolute atomic E-state index is 0.0205. The van der Waals surface area contributed by atoms with Crippen molar-refractivity contribution in [2.45, 2.75) is 75.7 Å². The van der Waals surface area contributed by atoms with Gasteiger partial charge in [0.15, 0.2) is 6.10 Å². The van der Waals surface area contributed by atoms with Crippen molar-refractivity contribution in [1.29, 1.82) is 0 Å². The third kappa shape index (κ3) is 13.7. The summed E-state index contributed by atoms with van der Waals surface area (Å²) in [5.41, 5.74) is 9.38. The second-order valence-electron chi connectivity index (χ2n) is 15.4. The summed E-state index contributed by atoms with van der Waals surface area (Å²) >= 11 is 6.74. The molecule has 2 aromatic carbocycles. The molecule has 9 N–H and O–H groups in total. The van der Waals surface area contributed by atoms with E-state index < -0.39 is 48.5 Å². The Morgan fingerprint density at radius 1 is 0.873 bits per heavy atom. The van der Waals surface area contributed by atoms with Gasteiger partial charge in [-0.3, -0.25) is 19.4 Å². The average Bonchev–Trinajstić information content (AvgIpc) is 3.27. The number of carbonyl (C=O) groups is 6. The standard InChI is InChI=1S/C38H47Br2N9O5.C4H6O5/c39-29-21-25(22-30(40)34(29)50)23-33(45-37(53)48-15-10-28(11-16-48)49-24-26-5-1-2-6-31(26)44-38(49)54)35(51)43-32(7-3-4-12-41)36(52)47-19-17-46(18-20-47)27-8-13-42-14-9-27;5-2(4(8)9)1-3(6)7/h1-2,5-6,8-9,13-14,21-22,28,32-33,50H,3-4,7,10-12,15-20,23-24,41H2,(H,43,51)(H,44,54)(H,45,53);2,5H,1H2,(H,6,7)(H,8,9)/t32-,33+;/m0./s1. The van der Waals surface area contributed by atoms with Crippen LogP contribution >= 0.6 is 31.9 Å². The number of amides is 6. The number of aliphatic hydroxyl groups is 1. The number of carboxylic acids is 2. The highest BCUT2D eigenvalue weighted by molar-refractivity contribution is 9.11. The molecule has 63 heavy (non-hydrogen) atoms. The summed E-state index contributed by atoms with van der Waals surface area (Å²) in [6.45, 7) is 4.07. The number of para-hydroxylation sites is 1. The van der Waals surface area contributed by atoms with E-state index in [1.54, 1.807) is 34.3 Å². The highest BCUT2D eigenvalue weighted by atomic mass is 79.9. The second kappa shape index (κ2) is 23.3. The number of hydrogen-bond acceptors (Lipinski definition) is 11. The molecule has 19 nitrogen and oxygen atoms in total. The number of halogens is 2. The topological polar surface area (TPSA) is 271 Å². The number of fused-ring (bicyclic) bond motifs is 1. The first kappa shape index (κ1) is 48.5. The number of likely N-dealkylation sites (tertiary alicyclic amines) is 1. The molecule has 3 aromatic rings. The molecule has 0 spiro atoms. The molecular formula is C42H53Br2N9O10. The number of unbranched alkanes of at least 4 members (excludes halogenated alkanes) is 1. The number of carboxylic acid groups (broad SMARTS) is 2. The van der Waals surface area contributed by atoms with Gasteiger partial charge in [-0.1, -0.05) is 18.2 Å². The molecule has 6 amide bonds. The van der Waals surface area contributed by atoms with Gasteiger partial charge in [0.2, 0.25) is 11.8 Å². The van der Waals surface area contributed by atoms with Gasteiger partial charge in [-0.05, 0) is 112 Å². The smallest absolute Gasteiger partial charge is 0.333 e. The van der Waals surface area contributed by atoms with Crippen LogP contribution in [0.1, 0.15) is 49.7 Å². The van der Waals surface area contributed by atoms with Gasteiger partial charge in [0, 0.05) is 82.0 Å². The Kier molecular flexibility index (Phi) is 17.9. The number of anilines is 2. The zero-order chi connectivity index (χ0) is 45.6. The lowest BCUT2D eigenvalue weighted by Gasteiger charge is -2.40. The molecule has 1 unspecified atom stereocenters. The predicted molar refractivity (Wildman–Crippen MR) is 239 cm³/mol. The number of piperazine rings is 1. The number of rotatable bonds is 15. The SMILES string of the molecule is NCCCC[C@H](NC(=O)[C@@H](Cc1cc(Br)c(O)c(Br)c1)NC(=O)N1CCC(N2Cc3ccccc3NC2=O)CC1)C(=O)N1CCN(c2ccncc2)CC1.O=C(O)CC(O)C(=O)O. The average molecular weight is 1000 g/mol. The number of piperidine rings is 1. The van der Waals surface area contributed by atoms with Crippen LogP contribution in [0.5, 0.6) is 5.75 Å². The van der Waals surface area contributed by atoms with Crippen LogP contribution in [0.15, 0.2) is 69.9 Å². The van der Waals surface area contributed by atoms with Gasteiger partial charge in [-0.2, -0.15) is 0 Å². The van der Waals surface area contributed by atoms with Crippen molar-refractivity contribution >= 4 is 79.0 Å². The van der Waals surface area contributed by atoms with Crippen LogP contribution in [0.3, 0.4) is 0 Å². The third-order valence-electron chi connectivity index (χ3n) is 11.0. The number of phenolic OH excluding ortho intramolecular Hbond substituents is 1. The Morgan fingerprint density at radius 3 is 2.13 bits per heavy atom. The molecule has 21 heteroatoms. The zero-order valence-electron chi connectivity index (χ0n) is 34.5. The summed E-state index contributed by atoms with van der Waals surface area (Å²) in [5, 5.41) is 43.4. The first-order valence-electron chi connectivity index (χ1n) is 20.6. The number of aromatic nitrogens is 1. The molecule has 2 fully saturated rings. The monoisotopic (exact) mass is 1000 g/mol. The van der Waals surface area contributed by atoms with Crippen molar-refractivity contribution in [2.24, 2.45) is 5.73 Å². The number of aromatic hydroxyl groups is 1. The third-order valence-corrected chi connectivity index (χ3v) is 12.2. The number of carbonyl (C=O) groups excluding carboxylic acids is 4. The maximum absolute atomic E-state index is 14.2. The van der Waals surface area contributed by atoms with Gasteiger partial charge in [-0.15, -0.1) is 0 Å². The van der Waals surface area contributed by atoms with Gasteiger partial charge >= 0.3 is 24.0 Å². The molecule has 3 aliphatic rings. The van der Waals surface area contributed by atoms with Crippen LogP contribution < -0.4 is 26.6 Å². The van der Waals surface area contributed by atoms with E-state index in [0.29, 0.717) is 99.0 Å². The molecule has 2 saturated heterocycles. The summed E-state index contributed by atoms with van der Waals surface area (Å²) in [4.78, 5) is 85.9. The van der Waals surface area contributed by atoms with Crippen molar-refractivity contribution < 1.29 is 49.2 Å². The minimum Gasteiger partial charge on any atom is -0.506 e. The van der Waals surface area contributed by atoms with Crippen molar-refractivity contribution in [2.75, 3.05) is 56.0 Å². The maximum Gasteiger partial charge on any atom is 0.333 e. The van der Waals surface area contributed by atoms with Gasteiger partial charge < -0.3 is 61.7 Å². The van der Waals surface area contributed by atoms with Crippen molar-refractivity contribution in [3.05, 3.63) is 81.0 Å². The molecule has 0 bridgehead atoms. The molecule has 4 heterocycles. The number of nitrogens with two attached hydrogens (primary N) is 1. The number of phenols is 1. The molecule has 0 aliphatic carbocycles. The summed E-state index contributed by atoms with van der Waals surface area (Å²) < 4.78 is 0.870. The predicted octanol–water partition coefficient (Wildman–Crippen LogP) is 3.31. The van der Waals surface area contributed by atoms with E-state index in [0.717, 1.165) is 16.9 Å². The number of nitrogens with zero attached hydrogens (tertiary/aromatic N) is 5.